The van der Waals surface area contributed by atoms with E-state index in [2.05, 4.69) is 15.1 Å². The lowest BCUT2D eigenvalue weighted by Crippen LogP contribution is -2.49. The predicted molar refractivity (Wildman–Crippen MR) is 101 cm³/mol. The summed E-state index contributed by atoms with van der Waals surface area (Å²) in [4.78, 5) is 22.9. The van der Waals surface area contributed by atoms with Crippen molar-refractivity contribution in [1.82, 2.24) is 24.6 Å². The van der Waals surface area contributed by atoms with Crippen LogP contribution in [-0.4, -0.2) is 36.6 Å². The number of amides is 1. The van der Waals surface area contributed by atoms with Gasteiger partial charge in [0.25, 0.3) is 5.91 Å². The Kier molecular flexibility index (Phi) is 4.34. The van der Waals surface area contributed by atoms with Crippen molar-refractivity contribution in [2.24, 2.45) is 7.05 Å². The summed E-state index contributed by atoms with van der Waals surface area (Å²) >= 11 is 0. The van der Waals surface area contributed by atoms with E-state index in [0.717, 1.165) is 42.7 Å². The van der Waals surface area contributed by atoms with Gasteiger partial charge in [-0.15, -0.1) is 0 Å². The van der Waals surface area contributed by atoms with Gasteiger partial charge in [-0.05, 0) is 37.8 Å². The molecule has 9 heteroatoms. The largest absolute Gasteiger partial charge is 0.327 e. The molecule has 3 aromatic rings. The average molecular weight is 413 g/mol. The van der Waals surface area contributed by atoms with Crippen LogP contribution in [0.4, 0.5) is 13.2 Å². The second-order valence-corrected chi connectivity index (χ2v) is 7.73. The fraction of sp³-hybridized carbons (Fsp3) is 0.333. The van der Waals surface area contributed by atoms with Crippen molar-refractivity contribution in [3.63, 3.8) is 0 Å². The van der Waals surface area contributed by atoms with Gasteiger partial charge in [0.05, 0.1) is 23.0 Å². The smallest absolute Gasteiger partial charge is 0.257 e. The number of halogens is 3. The van der Waals surface area contributed by atoms with Gasteiger partial charge in [0.1, 0.15) is 6.33 Å². The van der Waals surface area contributed by atoms with Crippen LogP contribution in [0.5, 0.6) is 0 Å². The Hall–Kier alpha value is -3.23. The molecule has 0 aliphatic carbocycles. The van der Waals surface area contributed by atoms with Crippen molar-refractivity contribution in [3.8, 4) is 11.3 Å². The molecule has 0 unspecified atom stereocenters. The Balaban J connectivity index is 1.60. The number of carbonyl (C=O) groups is 1. The van der Waals surface area contributed by atoms with Gasteiger partial charge in [0, 0.05) is 36.6 Å². The number of piperidine rings is 1. The minimum atomic E-state index is -1.49. The molecule has 154 valence electrons. The van der Waals surface area contributed by atoms with Crippen LogP contribution < -0.4 is 0 Å². The molecule has 0 spiro atoms. The SMILES string of the molecule is Cn1nc2c(c1-c1cc(F)c(F)c(F)c1)C[C@H]1CCC[C@@H]2N1C(=O)c1cncnc1. The first-order valence-electron chi connectivity index (χ1n) is 9.74. The monoisotopic (exact) mass is 413 g/mol. The average Bonchev–Trinajstić information content (AvgIpc) is 3.07. The molecule has 2 aliphatic heterocycles. The highest BCUT2D eigenvalue weighted by Gasteiger charge is 2.43. The van der Waals surface area contributed by atoms with Crippen LogP contribution in [0, 0.1) is 17.5 Å². The molecule has 2 aliphatic rings. The fourth-order valence-electron chi connectivity index (χ4n) is 4.76. The maximum atomic E-state index is 13.9. The van der Waals surface area contributed by atoms with Gasteiger partial charge < -0.3 is 4.90 Å². The van der Waals surface area contributed by atoms with E-state index in [1.54, 1.807) is 11.7 Å². The zero-order valence-corrected chi connectivity index (χ0v) is 16.1. The lowest BCUT2D eigenvalue weighted by atomic mass is 9.81. The lowest BCUT2D eigenvalue weighted by Gasteiger charge is -2.45. The molecule has 2 bridgehead atoms. The standard InChI is InChI=1S/C21H18F3N5O/c1-28-20(11-5-15(22)18(24)16(23)6-11)14-7-13-3-2-4-17(19(14)27-28)29(13)21(30)12-8-25-10-26-9-12/h5-6,8-10,13,17H,2-4,7H2,1H3/t13-,17+/m1/s1. The number of hydrogen-bond acceptors (Lipinski definition) is 4. The Morgan fingerprint density at radius 1 is 1.10 bits per heavy atom. The summed E-state index contributed by atoms with van der Waals surface area (Å²) in [6.07, 6.45) is 7.38. The van der Waals surface area contributed by atoms with Crippen LogP contribution in [0.2, 0.25) is 0 Å². The quantitative estimate of drug-likeness (QED) is 0.603. The fourth-order valence-corrected chi connectivity index (χ4v) is 4.76. The summed E-state index contributed by atoms with van der Waals surface area (Å²) in [5.74, 6) is -4.12. The zero-order chi connectivity index (χ0) is 21.0. The minimum Gasteiger partial charge on any atom is -0.327 e. The van der Waals surface area contributed by atoms with Gasteiger partial charge in [-0.2, -0.15) is 5.10 Å². The second-order valence-electron chi connectivity index (χ2n) is 7.73. The van der Waals surface area contributed by atoms with Crippen molar-refractivity contribution >= 4 is 5.91 Å². The van der Waals surface area contributed by atoms with Crippen LogP contribution in [0.1, 0.15) is 46.9 Å². The van der Waals surface area contributed by atoms with Gasteiger partial charge >= 0.3 is 0 Å². The number of rotatable bonds is 2. The van der Waals surface area contributed by atoms with Gasteiger partial charge in [-0.1, -0.05) is 0 Å². The van der Waals surface area contributed by atoms with E-state index >= 15 is 0 Å². The molecular formula is C21H18F3N5O. The summed E-state index contributed by atoms with van der Waals surface area (Å²) < 4.78 is 42.8. The van der Waals surface area contributed by atoms with Gasteiger partial charge in [0.2, 0.25) is 0 Å². The van der Waals surface area contributed by atoms with Crippen LogP contribution in [-0.2, 0) is 13.5 Å². The number of aromatic nitrogens is 4. The number of fused-ring (bicyclic) bond motifs is 4. The molecule has 1 amide bonds. The molecule has 5 rings (SSSR count). The molecule has 0 radical (unpaired) electrons. The number of nitrogens with zero attached hydrogens (tertiary/aromatic N) is 5. The summed E-state index contributed by atoms with van der Waals surface area (Å²) in [6, 6.07) is 1.67. The van der Waals surface area contributed by atoms with Gasteiger partial charge in [0.15, 0.2) is 17.5 Å². The second kappa shape index (κ2) is 6.93. The topological polar surface area (TPSA) is 63.9 Å². The molecule has 2 aromatic heterocycles. The molecule has 1 saturated heterocycles. The Morgan fingerprint density at radius 2 is 1.80 bits per heavy atom. The van der Waals surface area contributed by atoms with Crippen LogP contribution in [0.15, 0.2) is 30.9 Å². The first kappa shape index (κ1) is 18.8. The number of carbonyl (C=O) groups excluding carboxylic acids is 1. The molecule has 2 atom stereocenters. The molecule has 0 saturated carbocycles. The van der Waals surface area contributed by atoms with E-state index in [1.807, 2.05) is 4.90 Å². The van der Waals surface area contributed by atoms with Crippen molar-refractivity contribution < 1.29 is 18.0 Å². The van der Waals surface area contributed by atoms with Crippen LogP contribution in [0.25, 0.3) is 11.3 Å². The van der Waals surface area contributed by atoms with Crippen molar-refractivity contribution in [2.75, 3.05) is 0 Å². The van der Waals surface area contributed by atoms with E-state index in [1.165, 1.54) is 18.7 Å². The van der Waals surface area contributed by atoms with Gasteiger partial charge in [-0.3, -0.25) is 9.48 Å². The van der Waals surface area contributed by atoms with Crippen molar-refractivity contribution in [3.05, 3.63) is 65.1 Å². The normalized spacial score (nSPS) is 20.2. The Bertz CT molecular complexity index is 1120. The summed E-state index contributed by atoms with van der Waals surface area (Å²) in [7, 11) is 1.69. The van der Waals surface area contributed by atoms with E-state index in [0.29, 0.717) is 17.7 Å². The first-order chi connectivity index (χ1) is 14.5. The third-order valence-electron chi connectivity index (χ3n) is 5.98. The van der Waals surface area contributed by atoms with Crippen LogP contribution >= 0.6 is 0 Å². The lowest BCUT2D eigenvalue weighted by molar-refractivity contribution is 0.0391. The van der Waals surface area contributed by atoms with Crippen molar-refractivity contribution in [2.45, 2.75) is 37.8 Å². The van der Waals surface area contributed by atoms with E-state index in [4.69, 9.17) is 0 Å². The van der Waals surface area contributed by atoms with Crippen molar-refractivity contribution in [1.29, 1.82) is 0 Å². The molecule has 6 nitrogen and oxygen atoms in total. The molecular weight excluding hydrogens is 395 g/mol. The molecule has 1 aromatic carbocycles. The van der Waals surface area contributed by atoms with Crippen LogP contribution in [0.3, 0.4) is 0 Å². The number of benzene rings is 1. The molecule has 0 N–H and O–H groups in total. The zero-order valence-electron chi connectivity index (χ0n) is 16.1. The Labute approximate surface area is 170 Å². The number of hydrogen-bond donors (Lipinski definition) is 0. The van der Waals surface area contributed by atoms with E-state index in [9.17, 15) is 18.0 Å². The maximum absolute atomic E-state index is 13.9. The maximum Gasteiger partial charge on any atom is 0.257 e. The molecule has 30 heavy (non-hydrogen) atoms. The summed E-state index contributed by atoms with van der Waals surface area (Å²) in [5.41, 5.74) is 2.77. The molecule has 1 fully saturated rings. The Morgan fingerprint density at radius 3 is 2.50 bits per heavy atom. The van der Waals surface area contributed by atoms with E-state index < -0.39 is 17.5 Å². The summed E-state index contributed by atoms with van der Waals surface area (Å²) in [6.45, 7) is 0. The third-order valence-corrected chi connectivity index (χ3v) is 5.98. The highest BCUT2D eigenvalue weighted by molar-refractivity contribution is 5.94. The van der Waals surface area contributed by atoms with E-state index in [-0.39, 0.29) is 23.6 Å². The molecule has 4 heterocycles. The third kappa shape index (κ3) is 2.79. The first-order valence-corrected chi connectivity index (χ1v) is 9.74. The van der Waals surface area contributed by atoms with Gasteiger partial charge in [-0.25, -0.2) is 23.1 Å². The minimum absolute atomic E-state index is 0.0675. The number of aryl methyl sites for hydroxylation is 1. The highest BCUT2D eigenvalue weighted by atomic mass is 19.2. The highest BCUT2D eigenvalue weighted by Crippen LogP contribution is 2.45. The summed E-state index contributed by atoms with van der Waals surface area (Å²) in [5, 5.41) is 4.61. The predicted octanol–water partition coefficient (Wildman–Crippen LogP) is 3.59.